The standard InChI is InChI=1S/C25H37N9O/c1-25(2,3)17-7-8-19-20(13-17)32-24(31-19)27-10-6-11-33(4)14-18(35-5)9-12-34-16-30-21-22(26)28-15-29-23(21)34/h7-8,13,15-16,18H,6,9-12,14H2,1-5H3,(H2,26,28,29)(H2,27,31,32). The van der Waals surface area contributed by atoms with E-state index in [0.29, 0.717) is 11.3 Å². The number of nitrogens with two attached hydrogens (primary N) is 1. The van der Waals surface area contributed by atoms with Crippen LogP contribution in [0.5, 0.6) is 0 Å². The first-order valence-electron chi connectivity index (χ1n) is 12.1. The summed E-state index contributed by atoms with van der Waals surface area (Å²) in [4.78, 5) is 23.0. The summed E-state index contributed by atoms with van der Waals surface area (Å²) in [5.74, 6) is 1.23. The van der Waals surface area contributed by atoms with E-state index in [4.69, 9.17) is 10.5 Å². The first-order chi connectivity index (χ1) is 16.7. The predicted molar refractivity (Wildman–Crippen MR) is 141 cm³/mol. The van der Waals surface area contributed by atoms with Gasteiger partial charge in [0.2, 0.25) is 5.95 Å². The van der Waals surface area contributed by atoms with Gasteiger partial charge in [-0.1, -0.05) is 26.8 Å². The van der Waals surface area contributed by atoms with Crippen LogP contribution >= 0.6 is 0 Å². The minimum atomic E-state index is 0.108. The Morgan fingerprint density at radius 3 is 2.83 bits per heavy atom. The smallest absolute Gasteiger partial charge is 0.201 e. The Morgan fingerprint density at radius 1 is 1.23 bits per heavy atom. The van der Waals surface area contributed by atoms with Crippen LogP contribution in [0.1, 0.15) is 39.2 Å². The second-order valence-electron chi connectivity index (χ2n) is 10.1. The van der Waals surface area contributed by atoms with Crippen molar-refractivity contribution in [3.05, 3.63) is 36.4 Å². The first kappa shape index (κ1) is 24.9. The maximum atomic E-state index is 5.88. The van der Waals surface area contributed by atoms with Crippen molar-refractivity contribution in [1.29, 1.82) is 0 Å². The van der Waals surface area contributed by atoms with E-state index in [0.717, 1.165) is 61.6 Å². The number of nitrogens with zero attached hydrogens (tertiary/aromatic N) is 6. The van der Waals surface area contributed by atoms with Crippen LogP contribution in [-0.2, 0) is 16.7 Å². The lowest BCUT2D eigenvalue weighted by Gasteiger charge is -2.23. The molecular weight excluding hydrogens is 442 g/mol. The summed E-state index contributed by atoms with van der Waals surface area (Å²) in [6.45, 7) is 10.1. The molecule has 0 aliphatic rings. The summed E-state index contributed by atoms with van der Waals surface area (Å²) in [6.07, 6.45) is 5.19. The number of methoxy groups -OCH3 is 1. The van der Waals surface area contributed by atoms with E-state index in [-0.39, 0.29) is 11.5 Å². The Morgan fingerprint density at radius 2 is 2.06 bits per heavy atom. The number of aromatic amines is 1. The highest BCUT2D eigenvalue weighted by Crippen LogP contribution is 2.25. The lowest BCUT2D eigenvalue weighted by molar-refractivity contribution is 0.0624. The summed E-state index contributed by atoms with van der Waals surface area (Å²) >= 11 is 0. The number of hydrogen-bond acceptors (Lipinski definition) is 8. The molecule has 4 N–H and O–H groups in total. The number of anilines is 2. The Kier molecular flexibility index (Phi) is 7.51. The van der Waals surface area contributed by atoms with E-state index in [1.165, 1.54) is 11.9 Å². The van der Waals surface area contributed by atoms with Crippen LogP contribution in [0.2, 0.25) is 0 Å². The molecular formula is C25H37N9O. The normalized spacial score (nSPS) is 13.2. The minimum absolute atomic E-state index is 0.108. The van der Waals surface area contributed by atoms with E-state index >= 15 is 0 Å². The molecule has 0 bridgehead atoms. The van der Waals surface area contributed by atoms with Crippen LogP contribution in [0.25, 0.3) is 22.2 Å². The van der Waals surface area contributed by atoms with Crippen molar-refractivity contribution in [3.63, 3.8) is 0 Å². The Balaban J connectivity index is 1.21. The summed E-state index contributed by atoms with van der Waals surface area (Å²) in [5.41, 5.74) is 10.8. The summed E-state index contributed by atoms with van der Waals surface area (Å²) in [5, 5.41) is 3.42. The van der Waals surface area contributed by atoms with E-state index in [9.17, 15) is 0 Å². The third-order valence-corrected chi connectivity index (χ3v) is 6.33. The van der Waals surface area contributed by atoms with Gasteiger partial charge in [0.1, 0.15) is 11.8 Å². The van der Waals surface area contributed by atoms with Gasteiger partial charge >= 0.3 is 0 Å². The monoisotopic (exact) mass is 479 g/mol. The molecule has 0 aliphatic carbocycles. The predicted octanol–water partition coefficient (Wildman–Crippen LogP) is 3.42. The van der Waals surface area contributed by atoms with Gasteiger partial charge in [0.15, 0.2) is 11.5 Å². The number of fused-ring (bicyclic) bond motifs is 2. The van der Waals surface area contributed by atoms with Crippen molar-refractivity contribution in [1.82, 2.24) is 34.4 Å². The highest BCUT2D eigenvalue weighted by molar-refractivity contribution is 5.81. The second-order valence-corrected chi connectivity index (χ2v) is 10.1. The van der Waals surface area contributed by atoms with Crippen LogP contribution in [0.4, 0.5) is 11.8 Å². The van der Waals surface area contributed by atoms with Crippen LogP contribution in [0.15, 0.2) is 30.9 Å². The van der Waals surface area contributed by atoms with E-state index in [2.05, 4.69) is 81.2 Å². The zero-order valence-electron chi connectivity index (χ0n) is 21.4. The molecule has 35 heavy (non-hydrogen) atoms. The lowest BCUT2D eigenvalue weighted by Crippen LogP contribution is -2.32. The fourth-order valence-corrected chi connectivity index (χ4v) is 4.18. The number of rotatable bonds is 11. The average molecular weight is 480 g/mol. The molecule has 188 valence electrons. The maximum Gasteiger partial charge on any atom is 0.201 e. The van der Waals surface area contributed by atoms with Gasteiger partial charge in [0, 0.05) is 26.7 Å². The molecule has 0 saturated heterocycles. The third-order valence-electron chi connectivity index (χ3n) is 6.33. The first-order valence-corrected chi connectivity index (χ1v) is 12.1. The third kappa shape index (κ3) is 6.07. The zero-order valence-corrected chi connectivity index (χ0v) is 21.4. The largest absolute Gasteiger partial charge is 0.382 e. The van der Waals surface area contributed by atoms with Gasteiger partial charge in [-0.05, 0) is 49.5 Å². The SMILES string of the molecule is COC(CCn1cnc2c(N)ncnc21)CN(C)CCCNc1nc2ccc(C(C)(C)C)cc2[nH]1. The van der Waals surface area contributed by atoms with E-state index in [1.807, 2.05) is 4.57 Å². The van der Waals surface area contributed by atoms with Crippen molar-refractivity contribution in [3.8, 4) is 0 Å². The number of hydrogen-bond donors (Lipinski definition) is 3. The fourth-order valence-electron chi connectivity index (χ4n) is 4.18. The molecule has 0 aliphatic heterocycles. The maximum absolute atomic E-state index is 5.88. The second kappa shape index (κ2) is 10.6. The van der Waals surface area contributed by atoms with Crippen molar-refractivity contribution >= 4 is 34.0 Å². The molecule has 0 saturated carbocycles. The van der Waals surface area contributed by atoms with Gasteiger partial charge in [0.05, 0.1) is 23.5 Å². The van der Waals surface area contributed by atoms with Crippen LogP contribution in [0.3, 0.4) is 0 Å². The molecule has 0 radical (unpaired) electrons. The van der Waals surface area contributed by atoms with E-state index in [1.54, 1.807) is 13.4 Å². The molecule has 10 nitrogen and oxygen atoms in total. The number of ether oxygens (including phenoxy) is 1. The van der Waals surface area contributed by atoms with Crippen LogP contribution in [0, 0.1) is 0 Å². The molecule has 3 heterocycles. The fraction of sp³-hybridized carbons (Fsp3) is 0.520. The quantitative estimate of drug-likeness (QED) is 0.280. The van der Waals surface area contributed by atoms with Crippen LogP contribution < -0.4 is 11.1 Å². The highest BCUT2D eigenvalue weighted by atomic mass is 16.5. The van der Waals surface area contributed by atoms with Gasteiger partial charge in [-0.2, -0.15) is 0 Å². The average Bonchev–Trinajstić information content (AvgIpc) is 3.43. The Hall–Kier alpha value is -3.24. The van der Waals surface area contributed by atoms with Crippen molar-refractivity contribution in [2.75, 3.05) is 44.8 Å². The number of aromatic nitrogens is 6. The molecule has 10 heteroatoms. The van der Waals surface area contributed by atoms with E-state index < -0.39 is 0 Å². The number of nitrogens with one attached hydrogen (secondary N) is 2. The lowest BCUT2D eigenvalue weighted by atomic mass is 9.87. The van der Waals surface area contributed by atoms with Crippen molar-refractivity contribution in [2.45, 2.75) is 51.7 Å². The summed E-state index contributed by atoms with van der Waals surface area (Å²) < 4.78 is 7.74. The molecule has 1 unspecified atom stereocenters. The van der Waals surface area contributed by atoms with Gasteiger partial charge in [-0.3, -0.25) is 0 Å². The number of imidazole rings is 2. The molecule has 0 spiro atoms. The topological polar surface area (TPSA) is 123 Å². The van der Waals surface area contributed by atoms with Gasteiger partial charge < -0.3 is 30.2 Å². The molecule has 3 aromatic heterocycles. The highest BCUT2D eigenvalue weighted by Gasteiger charge is 2.16. The van der Waals surface area contributed by atoms with Crippen LogP contribution in [-0.4, -0.2) is 74.3 Å². The number of aryl methyl sites for hydroxylation is 1. The van der Waals surface area contributed by atoms with Gasteiger partial charge in [0.25, 0.3) is 0 Å². The molecule has 0 amide bonds. The summed E-state index contributed by atoms with van der Waals surface area (Å²) in [6, 6.07) is 6.44. The van der Waals surface area contributed by atoms with Gasteiger partial charge in [-0.15, -0.1) is 0 Å². The minimum Gasteiger partial charge on any atom is -0.382 e. The van der Waals surface area contributed by atoms with Crippen molar-refractivity contribution < 1.29 is 4.74 Å². The number of nitrogen functional groups attached to an aromatic ring is 1. The Labute approximate surface area is 206 Å². The molecule has 4 rings (SSSR count). The molecule has 4 aromatic rings. The Bertz CT molecular complexity index is 1260. The summed E-state index contributed by atoms with van der Waals surface area (Å²) in [7, 11) is 3.89. The van der Waals surface area contributed by atoms with Gasteiger partial charge in [-0.25, -0.2) is 19.9 Å². The number of benzene rings is 1. The zero-order chi connectivity index (χ0) is 25.0. The molecule has 0 fully saturated rings. The number of likely N-dealkylation sites (N-methyl/N-ethyl adjacent to an activating group) is 1. The molecule has 1 atom stereocenters. The van der Waals surface area contributed by atoms with Crippen molar-refractivity contribution in [2.24, 2.45) is 0 Å². The number of H-pyrrole nitrogens is 1. The molecule has 1 aromatic carbocycles.